The number of rotatable bonds is 6. The standard InChI is InChI=1S/C16H22ClNOS/c17-15-8-6-14(7-9-15)11-20-12-16(19)18-10-13-4-2-1-3-5-13/h6-9,13H,1-5,10-12H2,(H,18,19). The smallest absolute Gasteiger partial charge is 0.230 e. The maximum Gasteiger partial charge on any atom is 0.230 e. The summed E-state index contributed by atoms with van der Waals surface area (Å²) in [5.41, 5.74) is 1.21. The van der Waals surface area contributed by atoms with E-state index in [0.29, 0.717) is 11.7 Å². The highest BCUT2D eigenvalue weighted by molar-refractivity contribution is 7.99. The van der Waals surface area contributed by atoms with E-state index in [4.69, 9.17) is 11.6 Å². The number of carbonyl (C=O) groups is 1. The number of hydrogen-bond acceptors (Lipinski definition) is 2. The molecule has 1 aliphatic rings. The van der Waals surface area contributed by atoms with Crippen molar-refractivity contribution in [2.45, 2.75) is 37.9 Å². The van der Waals surface area contributed by atoms with Crippen molar-refractivity contribution in [3.63, 3.8) is 0 Å². The fraction of sp³-hybridized carbons (Fsp3) is 0.562. The minimum atomic E-state index is 0.162. The molecule has 0 aliphatic heterocycles. The molecule has 110 valence electrons. The Bertz CT molecular complexity index is 415. The van der Waals surface area contributed by atoms with Crippen LogP contribution in [0.3, 0.4) is 0 Å². The minimum absolute atomic E-state index is 0.162. The molecule has 0 atom stereocenters. The molecular formula is C16H22ClNOS. The second-order valence-corrected chi connectivity index (χ2v) is 6.85. The van der Waals surface area contributed by atoms with Gasteiger partial charge in [0.05, 0.1) is 5.75 Å². The molecule has 0 bridgehead atoms. The molecule has 0 saturated heterocycles. The molecular weight excluding hydrogens is 290 g/mol. The molecule has 1 aromatic rings. The lowest BCUT2D eigenvalue weighted by molar-refractivity contribution is -0.118. The van der Waals surface area contributed by atoms with Gasteiger partial charge in [0.15, 0.2) is 0 Å². The van der Waals surface area contributed by atoms with Gasteiger partial charge >= 0.3 is 0 Å². The summed E-state index contributed by atoms with van der Waals surface area (Å²) < 4.78 is 0. The van der Waals surface area contributed by atoms with Crippen molar-refractivity contribution < 1.29 is 4.79 Å². The van der Waals surface area contributed by atoms with Gasteiger partial charge in [-0.2, -0.15) is 0 Å². The van der Waals surface area contributed by atoms with Crippen molar-refractivity contribution in [3.05, 3.63) is 34.9 Å². The van der Waals surface area contributed by atoms with E-state index in [0.717, 1.165) is 17.3 Å². The third-order valence-corrected chi connectivity index (χ3v) is 4.98. The lowest BCUT2D eigenvalue weighted by Crippen LogP contribution is -2.31. The van der Waals surface area contributed by atoms with Crippen molar-refractivity contribution in [1.29, 1.82) is 0 Å². The number of carbonyl (C=O) groups excluding carboxylic acids is 1. The summed E-state index contributed by atoms with van der Waals surface area (Å²) in [4.78, 5) is 11.8. The highest BCUT2D eigenvalue weighted by Crippen LogP contribution is 2.22. The van der Waals surface area contributed by atoms with E-state index >= 15 is 0 Å². The van der Waals surface area contributed by atoms with Crippen LogP contribution in [0.25, 0.3) is 0 Å². The van der Waals surface area contributed by atoms with Gasteiger partial charge in [-0.1, -0.05) is 43.0 Å². The van der Waals surface area contributed by atoms with Crippen LogP contribution >= 0.6 is 23.4 Å². The van der Waals surface area contributed by atoms with Crippen molar-refractivity contribution in [3.8, 4) is 0 Å². The molecule has 1 fully saturated rings. The molecule has 0 heterocycles. The average Bonchev–Trinajstić information content (AvgIpc) is 2.48. The molecule has 4 heteroatoms. The Morgan fingerprint density at radius 2 is 1.90 bits per heavy atom. The second-order valence-electron chi connectivity index (χ2n) is 5.43. The van der Waals surface area contributed by atoms with Crippen LogP contribution in [0.15, 0.2) is 24.3 Å². The van der Waals surface area contributed by atoms with Crippen LogP contribution in [0, 0.1) is 5.92 Å². The van der Waals surface area contributed by atoms with E-state index in [2.05, 4.69) is 5.32 Å². The first-order valence-corrected chi connectivity index (χ1v) is 8.86. The summed E-state index contributed by atoms with van der Waals surface area (Å²) in [7, 11) is 0. The zero-order valence-corrected chi connectivity index (χ0v) is 13.3. The van der Waals surface area contributed by atoms with Gasteiger partial charge in [0.25, 0.3) is 0 Å². The molecule has 20 heavy (non-hydrogen) atoms. The first-order chi connectivity index (χ1) is 9.74. The van der Waals surface area contributed by atoms with E-state index in [1.54, 1.807) is 11.8 Å². The van der Waals surface area contributed by atoms with E-state index in [1.807, 2.05) is 24.3 Å². The van der Waals surface area contributed by atoms with E-state index < -0.39 is 0 Å². The number of thioether (sulfide) groups is 1. The normalized spacial score (nSPS) is 16.1. The van der Waals surface area contributed by atoms with Gasteiger partial charge in [0.2, 0.25) is 5.91 Å². The van der Waals surface area contributed by atoms with Crippen LogP contribution in [-0.4, -0.2) is 18.2 Å². The molecule has 1 aromatic carbocycles. The molecule has 1 amide bonds. The molecule has 2 rings (SSSR count). The zero-order valence-electron chi connectivity index (χ0n) is 11.7. The van der Waals surface area contributed by atoms with Gasteiger partial charge in [-0.15, -0.1) is 11.8 Å². The Morgan fingerprint density at radius 3 is 2.60 bits per heavy atom. The molecule has 1 saturated carbocycles. The summed E-state index contributed by atoms with van der Waals surface area (Å²) in [6.07, 6.45) is 6.56. The first kappa shape index (κ1) is 15.7. The molecule has 0 aromatic heterocycles. The maximum atomic E-state index is 11.8. The van der Waals surface area contributed by atoms with E-state index in [9.17, 15) is 4.79 Å². The Balaban J connectivity index is 1.58. The van der Waals surface area contributed by atoms with E-state index in [1.165, 1.54) is 37.7 Å². The Labute approximate surface area is 130 Å². The van der Waals surface area contributed by atoms with Crippen LogP contribution in [0.5, 0.6) is 0 Å². The first-order valence-electron chi connectivity index (χ1n) is 7.33. The van der Waals surface area contributed by atoms with Gasteiger partial charge in [0.1, 0.15) is 0 Å². The number of hydrogen-bond donors (Lipinski definition) is 1. The van der Waals surface area contributed by atoms with Gasteiger partial charge in [0, 0.05) is 17.3 Å². The Kier molecular flexibility index (Phi) is 6.74. The topological polar surface area (TPSA) is 29.1 Å². The summed E-state index contributed by atoms with van der Waals surface area (Å²) in [5.74, 6) is 2.26. The second kappa shape index (κ2) is 8.58. The van der Waals surface area contributed by atoms with Crippen LogP contribution in [0.4, 0.5) is 0 Å². The Hall–Kier alpha value is -0.670. The molecule has 2 nitrogen and oxygen atoms in total. The summed E-state index contributed by atoms with van der Waals surface area (Å²) in [5, 5.41) is 3.82. The SMILES string of the molecule is O=C(CSCc1ccc(Cl)cc1)NCC1CCCCC1. The maximum absolute atomic E-state index is 11.8. The van der Waals surface area contributed by atoms with Crippen molar-refractivity contribution in [1.82, 2.24) is 5.32 Å². The van der Waals surface area contributed by atoms with E-state index in [-0.39, 0.29) is 5.91 Å². The molecule has 1 N–H and O–H groups in total. The van der Waals surface area contributed by atoms with Crippen LogP contribution in [0.1, 0.15) is 37.7 Å². The Morgan fingerprint density at radius 1 is 1.20 bits per heavy atom. The third-order valence-electron chi connectivity index (χ3n) is 3.73. The van der Waals surface area contributed by atoms with Gasteiger partial charge in [-0.3, -0.25) is 4.79 Å². The lowest BCUT2D eigenvalue weighted by atomic mass is 9.89. The van der Waals surface area contributed by atoms with Crippen LogP contribution in [-0.2, 0) is 10.5 Å². The van der Waals surface area contributed by atoms with Crippen LogP contribution < -0.4 is 5.32 Å². The van der Waals surface area contributed by atoms with Gasteiger partial charge in [-0.05, 0) is 36.5 Å². The zero-order chi connectivity index (χ0) is 14.2. The monoisotopic (exact) mass is 311 g/mol. The minimum Gasteiger partial charge on any atom is -0.355 e. The third kappa shape index (κ3) is 5.76. The fourth-order valence-electron chi connectivity index (χ4n) is 2.54. The lowest BCUT2D eigenvalue weighted by Gasteiger charge is -2.21. The molecule has 1 aliphatic carbocycles. The predicted molar refractivity (Wildman–Crippen MR) is 87.2 cm³/mol. The number of nitrogens with one attached hydrogen (secondary N) is 1. The van der Waals surface area contributed by atoms with Crippen molar-refractivity contribution in [2.24, 2.45) is 5.92 Å². The van der Waals surface area contributed by atoms with Crippen molar-refractivity contribution in [2.75, 3.05) is 12.3 Å². The highest BCUT2D eigenvalue weighted by atomic mass is 35.5. The fourth-order valence-corrected chi connectivity index (χ4v) is 3.49. The quantitative estimate of drug-likeness (QED) is 0.850. The summed E-state index contributed by atoms with van der Waals surface area (Å²) in [6.45, 7) is 0.861. The largest absolute Gasteiger partial charge is 0.355 e. The molecule has 0 unspecified atom stereocenters. The predicted octanol–water partition coefficient (Wildman–Crippen LogP) is 4.27. The number of halogens is 1. The van der Waals surface area contributed by atoms with Gasteiger partial charge in [-0.25, -0.2) is 0 Å². The highest BCUT2D eigenvalue weighted by Gasteiger charge is 2.14. The summed E-state index contributed by atoms with van der Waals surface area (Å²) in [6, 6.07) is 7.80. The number of benzene rings is 1. The van der Waals surface area contributed by atoms with Gasteiger partial charge < -0.3 is 5.32 Å². The van der Waals surface area contributed by atoms with Crippen LogP contribution in [0.2, 0.25) is 5.02 Å². The number of amides is 1. The molecule has 0 radical (unpaired) electrons. The van der Waals surface area contributed by atoms with Crippen molar-refractivity contribution >= 4 is 29.3 Å². The molecule has 0 spiro atoms. The summed E-state index contributed by atoms with van der Waals surface area (Å²) >= 11 is 7.49. The average molecular weight is 312 g/mol.